The van der Waals surface area contributed by atoms with Crippen LogP contribution in [0.3, 0.4) is 0 Å². The molecule has 23 heavy (non-hydrogen) atoms. The molecule has 1 saturated carbocycles. The molecule has 4 rings (SSSR count). The van der Waals surface area contributed by atoms with Gasteiger partial charge in [0.25, 0.3) is 5.91 Å². The van der Waals surface area contributed by atoms with Crippen molar-refractivity contribution in [2.75, 3.05) is 13.2 Å². The Bertz CT molecular complexity index is 839. The smallest absolute Gasteiger partial charge is 0.293 e. The molecule has 0 bridgehead atoms. The van der Waals surface area contributed by atoms with Crippen LogP contribution in [0.25, 0.3) is 0 Å². The Kier molecular flexibility index (Phi) is 2.72. The van der Waals surface area contributed by atoms with Gasteiger partial charge in [0.1, 0.15) is 17.1 Å². The summed E-state index contributed by atoms with van der Waals surface area (Å²) in [4.78, 5) is 4.17. The highest BCUT2D eigenvalue weighted by molar-refractivity contribution is 9.10. The summed E-state index contributed by atoms with van der Waals surface area (Å²) in [6, 6.07) is 8.68. The molecule has 2 fully saturated rings. The van der Waals surface area contributed by atoms with E-state index in [1.807, 2.05) is 0 Å². The van der Waals surface area contributed by atoms with E-state index in [-0.39, 0.29) is 23.5 Å². The van der Waals surface area contributed by atoms with Crippen LogP contribution < -0.4 is 5.73 Å². The average molecular weight is 377 g/mol. The molecule has 8 heteroatoms. The fourth-order valence-corrected chi connectivity index (χ4v) is 4.31. The number of nitrogens with two attached hydrogens (primary N) is 1. The molecule has 3 unspecified atom stereocenters. The average Bonchev–Trinajstić information content (AvgIpc) is 2.79. The highest BCUT2D eigenvalue weighted by Crippen LogP contribution is 2.82. The minimum absolute atomic E-state index is 0.0221. The molecule has 2 heterocycles. The van der Waals surface area contributed by atoms with Gasteiger partial charge in [-0.15, -0.1) is 0 Å². The number of aliphatic imine (C=N–C) groups is 1. The lowest BCUT2D eigenvalue weighted by molar-refractivity contribution is -0.184. The summed E-state index contributed by atoms with van der Waals surface area (Å²) in [5.74, 6) is -2.57. The number of nitrogens with zero attached hydrogens (tertiary/aromatic N) is 3. The molecular formula is C15H10BrFN4O2. The molecule has 2 aliphatic heterocycles. The quantitative estimate of drug-likeness (QED) is 0.803. The second-order valence-corrected chi connectivity index (χ2v) is 6.58. The maximum absolute atomic E-state index is 13.5. The first-order chi connectivity index (χ1) is 11.0. The number of halogens is 2. The van der Waals surface area contributed by atoms with Crippen LogP contribution in [-0.2, 0) is 9.47 Å². The zero-order chi connectivity index (χ0) is 16.5. The first kappa shape index (κ1) is 14.6. The number of hydrogen-bond donors (Lipinski definition) is 1. The van der Waals surface area contributed by atoms with Crippen molar-refractivity contribution in [1.82, 2.24) is 0 Å². The first-order valence-corrected chi connectivity index (χ1v) is 7.69. The van der Waals surface area contributed by atoms with Gasteiger partial charge >= 0.3 is 0 Å². The molecule has 1 saturated heterocycles. The van der Waals surface area contributed by atoms with Crippen molar-refractivity contribution in [3.8, 4) is 12.1 Å². The highest BCUT2D eigenvalue weighted by atomic mass is 79.9. The van der Waals surface area contributed by atoms with Gasteiger partial charge in [-0.05, 0) is 33.6 Å². The van der Waals surface area contributed by atoms with E-state index in [9.17, 15) is 14.9 Å². The van der Waals surface area contributed by atoms with Crippen LogP contribution in [0.5, 0.6) is 0 Å². The van der Waals surface area contributed by atoms with Gasteiger partial charge in [-0.25, -0.2) is 9.38 Å². The maximum atomic E-state index is 13.5. The molecule has 0 radical (unpaired) electrons. The predicted molar refractivity (Wildman–Crippen MR) is 79.2 cm³/mol. The summed E-state index contributed by atoms with van der Waals surface area (Å²) in [6.45, 7) is 0.531. The van der Waals surface area contributed by atoms with E-state index < -0.39 is 28.5 Å². The van der Waals surface area contributed by atoms with E-state index in [0.717, 1.165) is 0 Å². The zero-order valence-corrected chi connectivity index (χ0v) is 13.3. The second-order valence-electron chi connectivity index (χ2n) is 5.72. The lowest BCUT2D eigenvalue weighted by atomic mass is 9.94. The summed E-state index contributed by atoms with van der Waals surface area (Å²) in [7, 11) is 0. The van der Waals surface area contributed by atoms with Gasteiger partial charge in [0.2, 0.25) is 0 Å². The van der Waals surface area contributed by atoms with E-state index in [0.29, 0.717) is 5.56 Å². The van der Waals surface area contributed by atoms with Crippen LogP contribution in [0, 0.1) is 39.3 Å². The third-order valence-corrected chi connectivity index (χ3v) is 5.49. The number of nitriles is 2. The van der Waals surface area contributed by atoms with Crippen molar-refractivity contribution in [3.05, 3.63) is 34.1 Å². The fraction of sp³-hybridized carbons (Fsp3) is 0.400. The van der Waals surface area contributed by atoms with Crippen molar-refractivity contribution in [3.63, 3.8) is 0 Å². The number of benzene rings is 1. The van der Waals surface area contributed by atoms with Crippen molar-refractivity contribution in [2.24, 2.45) is 21.6 Å². The molecular weight excluding hydrogens is 367 g/mol. The van der Waals surface area contributed by atoms with Gasteiger partial charge in [-0.2, -0.15) is 10.5 Å². The largest absolute Gasteiger partial charge is 0.386 e. The molecule has 6 nitrogen and oxygen atoms in total. The molecule has 3 atom stereocenters. The van der Waals surface area contributed by atoms with Crippen molar-refractivity contribution >= 4 is 21.8 Å². The Morgan fingerprint density at radius 2 is 2.00 bits per heavy atom. The normalized spacial score (nSPS) is 36.2. The molecule has 3 aliphatic rings. The third-order valence-electron chi connectivity index (χ3n) is 4.88. The van der Waals surface area contributed by atoms with Crippen LogP contribution in [0.4, 0.5) is 4.39 Å². The summed E-state index contributed by atoms with van der Waals surface area (Å²) in [6.07, 6.45) is 0. The Morgan fingerprint density at radius 3 is 2.57 bits per heavy atom. The van der Waals surface area contributed by atoms with Crippen molar-refractivity contribution in [2.45, 2.75) is 11.8 Å². The Labute approximate surface area is 139 Å². The SMILES string of the molecule is N#CC12C(N)=NC3(OCCO3)C1(C#N)C2c1ccc(F)c(Br)c1. The number of amidine groups is 1. The Balaban J connectivity index is 1.93. The minimum atomic E-state index is -1.56. The molecule has 0 aromatic heterocycles. The predicted octanol–water partition coefficient (Wildman–Crippen LogP) is 1.78. The summed E-state index contributed by atoms with van der Waals surface area (Å²) < 4.78 is 25.0. The van der Waals surface area contributed by atoms with Gasteiger partial charge in [0, 0.05) is 5.92 Å². The Hall–Kier alpha value is -2.00. The lowest BCUT2D eigenvalue weighted by Crippen LogP contribution is -2.38. The number of rotatable bonds is 1. The summed E-state index contributed by atoms with van der Waals surface area (Å²) >= 11 is 3.13. The molecule has 1 aromatic rings. The molecule has 1 spiro atoms. The topological polar surface area (TPSA) is 104 Å². The standard InChI is InChI=1S/C15H10BrFN4O2/c16-9-5-8(1-2-10(9)17)11-13(6-18)12(20)21-15(14(11,13)7-19)22-3-4-23-15/h1-2,5,11H,3-4H2,(H2,20,21). The molecule has 1 aromatic carbocycles. The van der Waals surface area contributed by atoms with Gasteiger partial charge in [-0.1, -0.05) is 6.07 Å². The number of ether oxygens (including phenoxy) is 2. The monoisotopic (exact) mass is 376 g/mol. The number of fused-ring (bicyclic) bond motifs is 2. The third kappa shape index (κ3) is 1.36. The van der Waals surface area contributed by atoms with Crippen molar-refractivity contribution in [1.29, 1.82) is 10.5 Å². The Morgan fingerprint density at radius 1 is 1.30 bits per heavy atom. The highest BCUT2D eigenvalue weighted by Gasteiger charge is 2.94. The van der Waals surface area contributed by atoms with Crippen LogP contribution in [0.1, 0.15) is 11.5 Å². The molecule has 1 aliphatic carbocycles. The second kappa shape index (κ2) is 4.30. The van der Waals surface area contributed by atoms with E-state index in [4.69, 9.17) is 15.2 Å². The van der Waals surface area contributed by atoms with Gasteiger partial charge in [0.15, 0.2) is 5.41 Å². The van der Waals surface area contributed by atoms with Gasteiger partial charge < -0.3 is 15.2 Å². The van der Waals surface area contributed by atoms with E-state index >= 15 is 0 Å². The first-order valence-electron chi connectivity index (χ1n) is 6.90. The van der Waals surface area contributed by atoms with Crippen LogP contribution in [0.15, 0.2) is 27.7 Å². The van der Waals surface area contributed by atoms with Gasteiger partial charge in [0.05, 0.1) is 29.8 Å². The van der Waals surface area contributed by atoms with Crippen LogP contribution in [0.2, 0.25) is 0 Å². The lowest BCUT2D eigenvalue weighted by Gasteiger charge is -2.25. The molecule has 0 amide bonds. The number of hydrogen-bond acceptors (Lipinski definition) is 6. The van der Waals surface area contributed by atoms with Gasteiger partial charge in [-0.3, -0.25) is 0 Å². The minimum Gasteiger partial charge on any atom is -0.386 e. The molecule has 2 N–H and O–H groups in total. The van der Waals surface area contributed by atoms with Crippen molar-refractivity contribution < 1.29 is 13.9 Å². The van der Waals surface area contributed by atoms with E-state index in [1.165, 1.54) is 12.1 Å². The van der Waals surface area contributed by atoms with E-state index in [1.54, 1.807) is 6.07 Å². The van der Waals surface area contributed by atoms with Crippen LogP contribution >= 0.6 is 15.9 Å². The summed E-state index contributed by atoms with van der Waals surface area (Å²) in [5.41, 5.74) is 3.92. The zero-order valence-electron chi connectivity index (χ0n) is 11.7. The maximum Gasteiger partial charge on any atom is 0.293 e. The molecule has 116 valence electrons. The fourth-order valence-electron chi connectivity index (χ4n) is 3.91. The summed E-state index contributed by atoms with van der Waals surface area (Å²) in [5, 5.41) is 19.7. The van der Waals surface area contributed by atoms with E-state index in [2.05, 4.69) is 33.1 Å². The van der Waals surface area contributed by atoms with Crippen LogP contribution in [-0.4, -0.2) is 25.0 Å².